The maximum atomic E-state index is 11.4. The molecule has 0 saturated carbocycles. The summed E-state index contributed by atoms with van der Waals surface area (Å²) in [5.41, 5.74) is 1.56. The van der Waals surface area contributed by atoms with Gasteiger partial charge in [-0.1, -0.05) is 0 Å². The molecule has 110 valence electrons. The Morgan fingerprint density at radius 3 is 2.50 bits per heavy atom. The maximum absolute atomic E-state index is 11.4. The van der Waals surface area contributed by atoms with Crippen molar-refractivity contribution < 1.29 is 17.9 Å². The molecule has 1 aromatic carbocycles. The Labute approximate surface area is 119 Å². The Balaban J connectivity index is 2.15. The maximum Gasteiger partial charge on any atom is 0.159 e. The average molecular weight is 297 g/mol. The summed E-state index contributed by atoms with van der Waals surface area (Å²) < 4.78 is 28.1. The van der Waals surface area contributed by atoms with Crippen LogP contribution < -0.4 is 4.74 Å². The highest BCUT2D eigenvalue weighted by Gasteiger charge is 2.22. The lowest BCUT2D eigenvalue weighted by atomic mass is 10.1. The molecule has 0 N–H and O–H groups in total. The minimum absolute atomic E-state index is 0.00938. The first-order valence-corrected chi connectivity index (χ1v) is 8.34. The number of ether oxygens (including phenoxy) is 1. The van der Waals surface area contributed by atoms with E-state index in [9.17, 15) is 13.2 Å². The monoisotopic (exact) mass is 297 g/mol. The molecule has 1 aromatic rings. The number of rotatable bonds is 4. The van der Waals surface area contributed by atoms with Crippen molar-refractivity contribution in [3.8, 4) is 5.75 Å². The first-order chi connectivity index (χ1) is 9.41. The van der Waals surface area contributed by atoms with Gasteiger partial charge in [0.2, 0.25) is 0 Å². The molecule has 0 aliphatic carbocycles. The molecular formula is C14H19NO4S. The summed E-state index contributed by atoms with van der Waals surface area (Å²) in [6, 6.07) is 5.35. The van der Waals surface area contributed by atoms with Gasteiger partial charge in [-0.05, 0) is 25.1 Å². The van der Waals surface area contributed by atoms with Crippen LogP contribution >= 0.6 is 0 Å². The van der Waals surface area contributed by atoms with E-state index >= 15 is 0 Å². The van der Waals surface area contributed by atoms with Crippen molar-refractivity contribution in [1.29, 1.82) is 0 Å². The number of carbonyl (C=O) groups is 1. The highest BCUT2D eigenvalue weighted by atomic mass is 32.2. The number of sulfone groups is 1. The van der Waals surface area contributed by atoms with Crippen molar-refractivity contribution in [2.24, 2.45) is 0 Å². The second-order valence-electron chi connectivity index (χ2n) is 5.01. The van der Waals surface area contributed by atoms with E-state index in [0.717, 1.165) is 11.3 Å². The largest absolute Gasteiger partial charge is 0.496 e. The minimum Gasteiger partial charge on any atom is -0.496 e. The van der Waals surface area contributed by atoms with Crippen molar-refractivity contribution in [3.63, 3.8) is 0 Å². The molecule has 5 nitrogen and oxygen atoms in total. The summed E-state index contributed by atoms with van der Waals surface area (Å²) in [5.74, 6) is 1.13. The number of hydrogen-bond donors (Lipinski definition) is 0. The second kappa shape index (κ2) is 5.93. The smallest absolute Gasteiger partial charge is 0.159 e. The summed E-state index contributed by atoms with van der Waals surface area (Å²) in [7, 11) is -1.28. The van der Waals surface area contributed by atoms with Gasteiger partial charge in [-0.15, -0.1) is 0 Å². The third-order valence-corrected chi connectivity index (χ3v) is 5.13. The van der Waals surface area contributed by atoms with Crippen molar-refractivity contribution >= 4 is 15.6 Å². The summed E-state index contributed by atoms with van der Waals surface area (Å²) in [6.07, 6.45) is 0. The molecule has 0 radical (unpaired) electrons. The number of methoxy groups -OCH3 is 1. The lowest BCUT2D eigenvalue weighted by molar-refractivity contribution is 0.101. The summed E-state index contributed by atoms with van der Waals surface area (Å²) in [6.45, 7) is 3.17. The number of hydrogen-bond acceptors (Lipinski definition) is 5. The van der Waals surface area contributed by atoms with Gasteiger partial charge in [0.05, 0.1) is 18.6 Å². The Morgan fingerprint density at radius 1 is 1.30 bits per heavy atom. The van der Waals surface area contributed by atoms with Crippen molar-refractivity contribution in [1.82, 2.24) is 4.90 Å². The molecule has 0 aromatic heterocycles. The van der Waals surface area contributed by atoms with Gasteiger partial charge in [0.15, 0.2) is 15.6 Å². The zero-order valence-electron chi connectivity index (χ0n) is 11.8. The number of benzene rings is 1. The minimum atomic E-state index is -2.87. The van der Waals surface area contributed by atoms with E-state index in [0.29, 0.717) is 25.2 Å². The van der Waals surface area contributed by atoms with E-state index in [2.05, 4.69) is 4.90 Å². The molecule has 1 aliphatic heterocycles. The molecule has 6 heteroatoms. The third kappa shape index (κ3) is 3.58. The van der Waals surface area contributed by atoms with Crippen LogP contribution in [-0.2, 0) is 16.4 Å². The van der Waals surface area contributed by atoms with Crippen LogP contribution in [0.5, 0.6) is 5.75 Å². The van der Waals surface area contributed by atoms with Crippen molar-refractivity contribution in [2.75, 3.05) is 31.7 Å². The Hall–Kier alpha value is -1.40. The lowest BCUT2D eigenvalue weighted by Gasteiger charge is -2.27. The molecule has 2 rings (SSSR count). The number of nitrogens with zero attached hydrogens (tertiary/aromatic N) is 1. The lowest BCUT2D eigenvalue weighted by Crippen LogP contribution is -2.39. The van der Waals surface area contributed by atoms with Crippen LogP contribution in [0.25, 0.3) is 0 Å². The topological polar surface area (TPSA) is 63.7 Å². The summed E-state index contributed by atoms with van der Waals surface area (Å²) >= 11 is 0. The molecule has 20 heavy (non-hydrogen) atoms. The molecule has 0 spiro atoms. The fourth-order valence-corrected chi connectivity index (χ4v) is 3.55. The van der Waals surface area contributed by atoms with E-state index in [1.165, 1.54) is 6.92 Å². The van der Waals surface area contributed by atoms with Gasteiger partial charge in [-0.25, -0.2) is 8.42 Å². The Morgan fingerprint density at radius 2 is 1.95 bits per heavy atom. The molecule has 0 atom stereocenters. The quantitative estimate of drug-likeness (QED) is 0.780. The van der Waals surface area contributed by atoms with Gasteiger partial charge in [-0.3, -0.25) is 9.69 Å². The fourth-order valence-electron chi connectivity index (χ4n) is 2.27. The van der Waals surface area contributed by atoms with E-state index in [1.807, 2.05) is 6.07 Å². The van der Waals surface area contributed by atoms with Crippen LogP contribution in [0.4, 0.5) is 0 Å². The van der Waals surface area contributed by atoms with Crippen LogP contribution in [0, 0.1) is 0 Å². The third-order valence-electron chi connectivity index (χ3n) is 3.52. The molecule has 0 amide bonds. The summed E-state index contributed by atoms with van der Waals surface area (Å²) in [5, 5.41) is 0. The van der Waals surface area contributed by atoms with Crippen LogP contribution in [-0.4, -0.2) is 50.8 Å². The number of Topliss-reactive ketones (excluding diaryl/α,β-unsaturated/α-hetero) is 1. The predicted molar refractivity (Wildman–Crippen MR) is 76.9 cm³/mol. The van der Waals surface area contributed by atoms with Gasteiger partial charge in [0, 0.05) is 30.8 Å². The highest BCUT2D eigenvalue weighted by Crippen LogP contribution is 2.22. The standard InChI is InChI=1S/C14H19NO4S/c1-11(16)12-3-4-14(19-2)13(9-12)10-15-5-7-20(17,18)8-6-15/h3-4,9H,5-8,10H2,1-2H3. The SMILES string of the molecule is COc1ccc(C(C)=O)cc1CN1CCS(=O)(=O)CC1. The van der Waals surface area contributed by atoms with Gasteiger partial charge in [0.25, 0.3) is 0 Å². The molecule has 1 saturated heterocycles. The number of carbonyl (C=O) groups excluding carboxylic acids is 1. The van der Waals surface area contributed by atoms with E-state index in [1.54, 1.807) is 19.2 Å². The first-order valence-electron chi connectivity index (χ1n) is 6.52. The Kier molecular flexibility index (Phi) is 4.45. The van der Waals surface area contributed by atoms with Crippen LogP contribution in [0.3, 0.4) is 0 Å². The molecule has 1 fully saturated rings. The highest BCUT2D eigenvalue weighted by molar-refractivity contribution is 7.91. The van der Waals surface area contributed by atoms with Gasteiger partial charge in [-0.2, -0.15) is 0 Å². The normalized spacial score (nSPS) is 18.7. The van der Waals surface area contributed by atoms with Crippen molar-refractivity contribution in [3.05, 3.63) is 29.3 Å². The van der Waals surface area contributed by atoms with E-state index in [4.69, 9.17) is 4.74 Å². The van der Waals surface area contributed by atoms with Gasteiger partial charge < -0.3 is 4.74 Å². The molecule has 1 heterocycles. The average Bonchev–Trinajstić information content (AvgIpc) is 2.41. The van der Waals surface area contributed by atoms with Crippen LogP contribution in [0.2, 0.25) is 0 Å². The molecular weight excluding hydrogens is 278 g/mol. The fraction of sp³-hybridized carbons (Fsp3) is 0.500. The molecule has 1 aliphatic rings. The first kappa shape index (κ1) is 15.0. The van der Waals surface area contributed by atoms with Gasteiger partial charge in [0.1, 0.15) is 5.75 Å². The van der Waals surface area contributed by atoms with Gasteiger partial charge >= 0.3 is 0 Å². The zero-order chi connectivity index (χ0) is 14.8. The van der Waals surface area contributed by atoms with Crippen molar-refractivity contribution in [2.45, 2.75) is 13.5 Å². The van der Waals surface area contributed by atoms with Crippen LogP contribution in [0.15, 0.2) is 18.2 Å². The predicted octanol–water partition coefficient (Wildman–Crippen LogP) is 1.13. The van der Waals surface area contributed by atoms with Crippen LogP contribution in [0.1, 0.15) is 22.8 Å². The summed E-state index contributed by atoms with van der Waals surface area (Å²) in [4.78, 5) is 13.5. The Bertz CT molecular complexity index is 596. The zero-order valence-corrected chi connectivity index (χ0v) is 12.6. The molecule has 0 bridgehead atoms. The van der Waals surface area contributed by atoms with E-state index < -0.39 is 9.84 Å². The second-order valence-corrected chi connectivity index (χ2v) is 7.31. The number of ketones is 1. The molecule has 0 unspecified atom stereocenters. The van der Waals surface area contributed by atoms with E-state index in [-0.39, 0.29) is 17.3 Å².